The molecule has 2 aliphatic heterocycles. The monoisotopic (exact) mass is 803 g/mol. The number of rotatable bonds is 14. The fourth-order valence-electron chi connectivity index (χ4n) is 8.66. The Kier molecular flexibility index (Phi) is 11.8. The average molecular weight is 804 g/mol. The molecule has 3 aliphatic rings. The number of nitrogens with zero attached hydrogens (tertiary/aromatic N) is 4. The van der Waals surface area contributed by atoms with Crippen molar-refractivity contribution in [2.24, 2.45) is 0 Å². The molecule has 5 aromatic carbocycles. The first-order valence-corrected chi connectivity index (χ1v) is 22.5. The van der Waals surface area contributed by atoms with Crippen LogP contribution in [-0.2, 0) is 22.4 Å². The molecule has 1 aliphatic carbocycles. The van der Waals surface area contributed by atoms with Crippen LogP contribution in [0.5, 0.6) is 0 Å². The summed E-state index contributed by atoms with van der Waals surface area (Å²) >= 11 is 3.45. The molecular weight excluding hydrogens is 755 g/mol. The first-order chi connectivity index (χ1) is 28.6. The second-order valence-electron chi connectivity index (χ2n) is 15.4. The van der Waals surface area contributed by atoms with Crippen LogP contribution in [0.2, 0.25) is 0 Å². The van der Waals surface area contributed by atoms with Crippen molar-refractivity contribution in [2.45, 2.75) is 83.8 Å². The molecule has 3 heterocycles. The van der Waals surface area contributed by atoms with E-state index in [0.29, 0.717) is 12.8 Å². The van der Waals surface area contributed by atoms with Gasteiger partial charge in [0.25, 0.3) is 0 Å². The summed E-state index contributed by atoms with van der Waals surface area (Å²) in [5, 5.41) is 5.07. The second-order valence-corrected chi connectivity index (χ2v) is 17.5. The largest absolute Gasteiger partial charge is 0.384 e. The van der Waals surface area contributed by atoms with Gasteiger partial charge < -0.3 is 10.2 Å². The third-order valence-corrected chi connectivity index (χ3v) is 13.7. The number of anilines is 5. The van der Waals surface area contributed by atoms with Crippen LogP contribution in [0.4, 0.5) is 28.4 Å². The van der Waals surface area contributed by atoms with Crippen molar-refractivity contribution in [1.82, 2.24) is 9.88 Å². The molecule has 2 amide bonds. The molecular formula is C49H49N5O2S2. The molecule has 0 saturated heterocycles. The van der Waals surface area contributed by atoms with Crippen molar-refractivity contribution in [1.29, 1.82) is 0 Å². The maximum absolute atomic E-state index is 14.0. The summed E-state index contributed by atoms with van der Waals surface area (Å²) in [6.07, 6.45) is 9.00. The maximum atomic E-state index is 14.0. The van der Waals surface area contributed by atoms with Crippen LogP contribution < -0.4 is 15.1 Å². The van der Waals surface area contributed by atoms with Crippen LogP contribution in [0.15, 0.2) is 141 Å². The Morgan fingerprint density at radius 3 is 1.59 bits per heavy atom. The molecule has 0 unspecified atom stereocenters. The second kappa shape index (κ2) is 17.8. The zero-order valence-electron chi connectivity index (χ0n) is 32.9. The lowest BCUT2D eigenvalue weighted by Gasteiger charge is -2.32. The minimum absolute atomic E-state index is 0.118. The maximum Gasteiger partial charge on any atom is 0.231 e. The molecule has 6 aromatic rings. The molecule has 1 N–H and O–H groups in total. The Balaban J connectivity index is 0.861. The first-order valence-electron chi connectivity index (χ1n) is 20.9. The quantitative estimate of drug-likeness (QED) is 0.110. The number of benzene rings is 5. The van der Waals surface area contributed by atoms with E-state index in [-0.39, 0.29) is 11.8 Å². The number of hydrogen-bond donors (Lipinski definition) is 1. The first kappa shape index (κ1) is 38.4. The van der Waals surface area contributed by atoms with Crippen molar-refractivity contribution in [3.63, 3.8) is 0 Å². The van der Waals surface area contributed by atoms with E-state index in [1.54, 1.807) is 23.5 Å². The molecule has 0 radical (unpaired) electrons. The predicted molar refractivity (Wildman–Crippen MR) is 239 cm³/mol. The predicted octanol–water partition coefficient (Wildman–Crippen LogP) is 11.8. The van der Waals surface area contributed by atoms with Gasteiger partial charge in [0.15, 0.2) is 0 Å². The molecule has 0 atom stereocenters. The summed E-state index contributed by atoms with van der Waals surface area (Å²) in [5.41, 5.74) is 8.84. The highest BCUT2D eigenvalue weighted by Gasteiger charge is 2.29. The lowest BCUT2D eigenvalue weighted by Crippen LogP contribution is -2.32. The Morgan fingerprint density at radius 2 is 1.03 bits per heavy atom. The summed E-state index contributed by atoms with van der Waals surface area (Å²) in [4.78, 5) is 43.9. The fraction of sp³-hybridized carbons (Fsp3) is 0.286. The summed E-state index contributed by atoms with van der Waals surface area (Å²) < 4.78 is 0. The van der Waals surface area contributed by atoms with E-state index in [4.69, 9.17) is 4.98 Å². The van der Waals surface area contributed by atoms with Crippen molar-refractivity contribution in [3.8, 4) is 0 Å². The highest BCUT2D eigenvalue weighted by molar-refractivity contribution is 8.00. The van der Waals surface area contributed by atoms with Gasteiger partial charge in [-0.3, -0.25) is 24.4 Å². The van der Waals surface area contributed by atoms with Crippen molar-refractivity contribution >= 4 is 74.7 Å². The zero-order valence-corrected chi connectivity index (χ0v) is 34.5. The number of amides is 2. The van der Waals surface area contributed by atoms with E-state index in [1.165, 1.54) is 35.2 Å². The molecule has 9 rings (SSSR count). The Labute approximate surface area is 350 Å². The van der Waals surface area contributed by atoms with E-state index in [2.05, 4.69) is 83.0 Å². The van der Waals surface area contributed by atoms with Crippen molar-refractivity contribution < 1.29 is 9.59 Å². The summed E-state index contributed by atoms with van der Waals surface area (Å²) in [6, 6.07) is 41.3. The Bertz CT molecular complexity index is 2250. The van der Waals surface area contributed by atoms with E-state index < -0.39 is 0 Å². The number of carbonyl (C=O) groups excluding carboxylic acids is 2. The molecule has 1 aromatic heterocycles. The van der Waals surface area contributed by atoms with Crippen LogP contribution >= 0.6 is 23.5 Å². The van der Waals surface area contributed by atoms with Gasteiger partial charge in [-0.25, -0.2) is 0 Å². The van der Waals surface area contributed by atoms with Gasteiger partial charge in [-0.15, -0.1) is 0 Å². The molecule has 0 fully saturated rings. The minimum Gasteiger partial charge on any atom is -0.384 e. The van der Waals surface area contributed by atoms with Gasteiger partial charge in [0, 0.05) is 55.7 Å². The van der Waals surface area contributed by atoms with Gasteiger partial charge in [0.1, 0.15) is 0 Å². The zero-order chi connectivity index (χ0) is 39.3. The Hall–Kier alpha value is -5.09. The van der Waals surface area contributed by atoms with E-state index >= 15 is 0 Å². The van der Waals surface area contributed by atoms with E-state index in [9.17, 15) is 9.59 Å². The van der Waals surface area contributed by atoms with E-state index in [1.807, 2.05) is 58.3 Å². The smallest absolute Gasteiger partial charge is 0.231 e. The third-order valence-electron chi connectivity index (χ3n) is 11.5. The topological polar surface area (TPSA) is 68.8 Å². The van der Waals surface area contributed by atoms with Gasteiger partial charge in [-0.2, -0.15) is 0 Å². The molecule has 0 saturated carbocycles. The van der Waals surface area contributed by atoms with Crippen LogP contribution in [-0.4, -0.2) is 47.9 Å². The van der Waals surface area contributed by atoms with Crippen LogP contribution in [0, 0.1) is 0 Å². The molecule has 7 nitrogen and oxygen atoms in total. The van der Waals surface area contributed by atoms with Crippen LogP contribution in [0.1, 0.15) is 62.6 Å². The van der Waals surface area contributed by atoms with E-state index in [0.717, 1.165) is 113 Å². The lowest BCUT2D eigenvalue weighted by atomic mass is 9.92. The molecule has 9 heteroatoms. The number of unbranched alkanes of at least 4 members (excludes halogenated alkanes) is 1. The molecule has 58 heavy (non-hydrogen) atoms. The number of pyridine rings is 1. The highest BCUT2D eigenvalue weighted by atomic mass is 32.2. The molecule has 0 spiro atoms. The van der Waals surface area contributed by atoms with Crippen LogP contribution in [0.25, 0.3) is 10.9 Å². The number of carbonyl (C=O) groups is 2. The molecule has 0 bridgehead atoms. The number of aryl methyl sites for hydroxylation is 1. The average Bonchev–Trinajstić information content (AvgIpc) is 3.26. The van der Waals surface area contributed by atoms with Crippen molar-refractivity contribution in [3.05, 3.63) is 133 Å². The third kappa shape index (κ3) is 8.13. The SMILES string of the molecule is O=C(CCCN(CCCCNc1c2c(nc3ccccc13)CCCC2)CCCC(=O)N1c2ccccc2Sc2ccccc21)N1c2ccccc2Sc2ccccc21. The van der Waals surface area contributed by atoms with Gasteiger partial charge in [-0.05, 0) is 131 Å². The summed E-state index contributed by atoms with van der Waals surface area (Å²) in [7, 11) is 0. The lowest BCUT2D eigenvalue weighted by molar-refractivity contribution is -0.118. The fourth-order valence-corrected chi connectivity index (χ4v) is 10.8. The van der Waals surface area contributed by atoms with Gasteiger partial charge >= 0.3 is 0 Å². The minimum atomic E-state index is 0.118. The van der Waals surface area contributed by atoms with Gasteiger partial charge in [0.05, 0.1) is 28.3 Å². The van der Waals surface area contributed by atoms with Crippen molar-refractivity contribution in [2.75, 3.05) is 41.3 Å². The number of aromatic nitrogens is 1. The number of hydrogen-bond acceptors (Lipinski definition) is 7. The Morgan fingerprint density at radius 1 is 0.569 bits per heavy atom. The van der Waals surface area contributed by atoms with Gasteiger partial charge in [0.2, 0.25) is 11.8 Å². The highest BCUT2D eigenvalue weighted by Crippen LogP contribution is 2.49. The number of nitrogens with one attached hydrogen (secondary N) is 1. The number of fused-ring (bicyclic) bond motifs is 6. The molecule has 294 valence electrons. The summed E-state index contributed by atoms with van der Waals surface area (Å²) in [6.45, 7) is 3.40. The number of para-hydroxylation sites is 5. The van der Waals surface area contributed by atoms with Gasteiger partial charge in [-0.1, -0.05) is 90.3 Å². The summed E-state index contributed by atoms with van der Waals surface area (Å²) in [5.74, 6) is 0.237. The standard InChI is InChI=1S/C49H49N5O2S2/c55-47(53-39-21-5-9-25-43(39)57-44-26-10-6-22-40(44)53)29-15-33-52(32-14-13-31-50-49-35-17-1-3-19-37(35)51-38-20-4-2-18-36(38)49)34-16-30-48(56)54-41-23-7-11-27-45(41)58-46-28-12-8-24-42(46)54/h1,3,5-12,17,19,21-28H,2,4,13-16,18,20,29-34H2,(H,50,51). The van der Waals surface area contributed by atoms with Crippen LogP contribution in [0.3, 0.4) is 0 Å². The normalized spacial score (nSPS) is 14.0.